The van der Waals surface area contributed by atoms with Crippen molar-refractivity contribution in [2.45, 2.75) is 32.7 Å². The van der Waals surface area contributed by atoms with Crippen LogP contribution in [0.1, 0.15) is 23.9 Å². The second-order valence-electron chi connectivity index (χ2n) is 8.49. The number of fused-ring (bicyclic) bond motifs is 1. The van der Waals surface area contributed by atoms with E-state index in [-0.39, 0.29) is 17.0 Å². The van der Waals surface area contributed by atoms with Gasteiger partial charge in [0.1, 0.15) is 5.75 Å². The Hall–Kier alpha value is -3.02. The quantitative estimate of drug-likeness (QED) is 0.506. The minimum Gasteiger partial charge on any atom is -0.368 e. The zero-order valence-electron chi connectivity index (χ0n) is 19.7. The number of anilines is 1. The fourth-order valence-electron chi connectivity index (χ4n) is 4.38. The number of hydrogen-bond donors (Lipinski definition) is 2. The molecule has 1 saturated heterocycles. The highest BCUT2D eigenvalue weighted by molar-refractivity contribution is 7.88. The zero-order valence-corrected chi connectivity index (χ0v) is 20.5. The number of H-pyrrole nitrogens is 1. The number of aryl methyl sites for hydroxylation is 1. The van der Waals surface area contributed by atoms with Crippen molar-refractivity contribution in [2.24, 2.45) is 0 Å². The predicted octanol–water partition coefficient (Wildman–Crippen LogP) is 0.785. The summed E-state index contributed by atoms with van der Waals surface area (Å²) in [4.78, 5) is 36.5. The summed E-state index contributed by atoms with van der Waals surface area (Å²) < 4.78 is 27.1. The Balaban J connectivity index is 1.42. The monoisotopic (exact) mass is 486 g/mol. The Bertz CT molecular complexity index is 1420. The van der Waals surface area contributed by atoms with Gasteiger partial charge in [0.2, 0.25) is 10.0 Å². The number of benzene rings is 1. The maximum absolute atomic E-state index is 12.5. The number of rotatable bonds is 7. The summed E-state index contributed by atoms with van der Waals surface area (Å²) in [6.07, 6.45) is 0. The van der Waals surface area contributed by atoms with Gasteiger partial charge in [-0.1, -0.05) is 6.07 Å². The predicted molar refractivity (Wildman–Crippen MR) is 133 cm³/mol. The van der Waals surface area contributed by atoms with Crippen LogP contribution in [0.3, 0.4) is 0 Å². The lowest BCUT2D eigenvalue weighted by atomic mass is 10.1. The molecular weight excluding hydrogens is 456 g/mol. The Kier molecular flexibility index (Phi) is 6.87. The molecule has 0 radical (unpaired) electrons. The minimum atomic E-state index is -3.36. The topological polar surface area (TPSA) is 120 Å². The summed E-state index contributed by atoms with van der Waals surface area (Å²) in [5.41, 5.74) is 3.31. The molecule has 34 heavy (non-hydrogen) atoms. The average molecular weight is 487 g/mol. The maximum atomic E-state index is 12.5. The van der Waals surface area contributed by atoms with Crippen molar-refractivity contribution in [2.75, 3.05) is 38.1 Å². The molecule has 0 bridgehead atoms. The third-order valence-electron chi connectivity index (χ3n) is 6.25. The number of nitrogens with zero attached hydrogens (tertiary/aromatic N) is 4. The van der Waals surface area contributed by atoms with Gasteiger partial charge in [-0.15, -0.1) is 0 Å². The molecule has 4 rings (SSSR count). The number of nitrogens with one attached hydrogen (secondary N) is 2. The van der Waals surface area contributed by atoms with E-state index < -0.39 is 10.0 Å². The third-order valence-corrected chi connectivity index (χ3v) is 7.54. The molecule has 3 heterocycles. The highest BCUT2D eigenvalue weighted by atomic mass is 32.2. The van der Waals surface area contributed by atoms with Crippen molar-refractivity contribution >= 4 is 26.6 Å². The van der Waals surface area contributed by atoms with E-state index in [0.29, 0.717) is 23.1 Å². The third kappa shape index (κ3) is 5.06. The van der Waals surface area contributed by atoms with Crippen LogP contribution in [0.25, 0.3) is 10.9 Å². The first-order valence-corrected chi connectivity index (χ1v) is 13.0. The van der Waals surface area contributed by atoms with Crippen molar-refractivity contribution in [1.29, 1.82) is 0 Å². The normalized spacial score (nSPS) is 15.2. The molecule has 3 aromatic rings. The second-order valence-corrected chi connectivity index (χ2v) is 10.4. The Morgan fingerprint density at radius 2 is 1.82 bits per heavy atom. The summed E-state index contributed by atoms with van der Waals surface area (Å²) in [5, 5.41) is 0.518. The molecule has 1 fully saturated rings. The van der Waals surface area contributed by atoms with Gasteiger partial charge in [-0.2, -0.15) is 0 Å². The summed E-state index contributed by atoms with van der Waals surface area (Å²) in [6.45, 7) is 8.08. The SMILES string of the molecule is CCn1c(=O)[nH]c2cc(CN3CCN(c4ccc(CS(=O)(=O)NC)nc4C)CC3)ccc2c1=O. The van der Waals surface area contributed by atoms with Gasteiger partial charge in [0.05, 0.1) is 28.0 Å². The van der Waals surface area contributed by atoms with Crippen LogP contribution < -0.4 is 20.9 Å². The molecule has 0 atom stereocenters. The number of aromatic nitrogens is 3. The van der Waals surface area contributed by atoms with E-state index in [4.69, 9.17) is 0 Å². The van der Waals surface area contributed by atoms with E-state index in [9.17, 15) is 18.0 Å². The van der Waals surface area contributed by atoms with Gasteiger partial charge >= 0.3 is 5.69 Å². The standard InChI is InChI=1S/C23H30N6O4S/c1-4-29-22(30)19-7-5-17(13-20(19)26-23(29)31)14-27-9-11-28(12-10-27)21-8-6-18(25-16(21)2)15-34(32,33)24-3/h5-8,13,24H,4,9-12,14-15H2,1-3H3,(H,26,31). The van der Waals surface area contributed by atoms with E-state index in [1.807, 2.05) is 25.1 Å². The second kappa shape index (κ2) is 9.69. The van der Waals surface area contributed by atoms with Crippen LogP contribution >= 0.6 is 0 Å². The van der Waals surface area contributed by atoms with E-state index >= 15 is 0 Å². The van der Waals surface area contributed by atoms with Crippen LogP contribution in [0.2, 0.25) is 0 Å². The summed E-state index contributed by atoms with van der Waals surface area (Å²) in [5.74, 6) is -0.137. The smallest absolute Gasteiger partial charge is 0.328 e. The van der Waals surface area contributed by atoms with Crippen molar-refractivity contribution in [3.05, 3.63) is 68.1 Å². The highest BCUT2D eigenvalue weighted by Gasteiger charge is 2.20. The lowest BCUT2D eigenvalue weighted by Gasteiger charge is -2.36. The molecular formula is C23H30N6O4S. The molecule has 1 aliphatic heterocycles. The fraction of sp³-hybridized carbons (Fsp3) is 0.435. The molecule has 2 aromatic heterocycles. The molecule has 0 saturated carbocycles. The Morgan fingerprint density at radius 3 is 2.47 bits per heavy atom. The molecule has 0 aliphatic carbocycles. The Morgan fingerprint density at radius 1 is 1.09 bits per heavy atom. The average Bonchev–Trinajstić information content (AvgIpc) is 2.80. The van der Waals surface area contributed by atoms with Gasteiger partial charge in [0.15, 0.2) is 0 Å². The van der Waals surface area contributed by atoms with Crippen LogP contribution in [0.15, 0.2) is 39.9 Å². The van der Waals surface area contributed by atoms with Gasteiger partial charge in [-0.05, 0) is 50.7 Å². The zero-order chi connectivity index (χ0) is 24.5. The number of piperazine rings is 1. The van der Waals surface area contributed by atoms with Crippen LogP contribution in [0.5, 0.6) is 0 Å². The van der Waals surface area contributed by atoms with Gasteiger partial charge in [0.25, 0.3) is 5.56 Å². The van der Waals surface area contributed by atoms with Crippen molar-refractivity contribution in [3.63, 3.8) is 0 Å². The Labute approximate surface area is 198 Å². The highest BCUT2D eigenvalue weighted by Crippen LogP contribution is 2.22. The summed E-state index contributed by atoms with van der Waals surface area (Å²) in [7, 11) is -1.96. The fourth-order valence-corrected chi connectivity index (χ4v) is 5.07. The van der Waals surface area contributed by atoms with E-state index in [2.05, 4.69) is 24.5 Å². The van der Waals surface area contributed by atoms with Crippen LogP contribution in [0, 0.1) is 6.92 Å². The maximum Gasteiger partial charge on any atom is 0.328 e. The summed E-state index contributed by atoms with van der Waals surface area (Å²) in [6, 6.07) is 9.33. The minimum absolute atomic E-state index is 0.137. The number of sulfonamides is 1. The molecule has 10 nitrogen and oxygen atoms in total. The van der Waals surface area contributed by atoms with Crippen LogP contribution in [-0.4, -0.2) is 61.1 Å². The van der Waals surface area contributed by atoms with Crippen molar-refractivity contribution in [1.82, 2.24) is 24.2 Å². The first kappa shape index (κ1) is 24.1. The first-order valence-electron chi connectivity index (χ1n) is 11.3. The number of pyridine rings is 1. The van der Waals surface area contributed by atoms with Crippen molar-refractivity contribution < 1.29 is 8.42 Å². The van der Waals surface area contributed by atoms with Gasteiger partial charge in [-0.25, -0.2) is 17.9 Å². The first-order chi connectivity index (χ1) is 16.2. The largest absolute Gasteiger partial charge is 0.368 e. The lowest BCUT2D eigenvalue weighted by molar-refractivity contribution is 0.250. The molecule has 1 aliphatic rings. The summed E-state index contributed by atoms with van der Waals surface area (Å²) >= 11 is 0. The number of hydrogen-bond acceptors (Lipinski definition) is 7. The molecule has 11 heteroatoms. The van der Waals surface area contributed by atoms with E-state index in [0.717, 1.165) is 49.7 Å². The molecule has 0 unspecified atom stereocenters. The molecule has 2 N–H and O–H groups in total. The number of aromatic amines is 1. The van der Waals surface area contributed by atoms with Gasteiger partial charge < -0.3 is 9.88 Å². The molecule has 0 spiro atoms. The van der Waals surface area contributed by atoms with Gasteiger partial charge in [0, 0.05) is 39.3 Å². The lowest BCUT2D eigenvalue weighted by Crippen LogP contribution is -2.46. The van der Waals surface area contributed by atoms with Crippen LogP contribution in [0.4, 0.5) is 5.69 Å². The van der Waals surface area contributed by atoms with E-state index in [1.54, 1.807) is 19.1 Å². The van der Waals surface area contributed by atoms with Crippen molar-refractivity contribution in [3.8, 4) is 0 Å². The molecule has 0 amide bonds. The van der Waals surface area contributed by atoms with E-state index in [1.165, 1.54) is 11.6 Å². The van der Waals surface area contributed by atoms with Gasteiger partial charge in [-0.3, -0.25) is 19.2 Å². The van der Waals surface area contributed by atoms with Crippen LogP contribution in [-0.2, 0) is 28.9 Å². The molecule has 1 aromatic carbocycles. The molecule has 182 valence electrons.